The normalized spacial score (nSPS) is 19.9. The van der Waals surface area contributed by atoms with E-state index in [4.69, 9.17) is 14.2 Å². The largest absolute Gasteiger partial charge is 0.497 e. The van der Waals surface area contributed by atoms with Crippen LogP contribution < -0.4 is 10.1 Å². The summed E-state index contributed by atoms with van der Waals surface area (Å²) in [6, 6.07) is 7.16. The predicted molar refractivity (Wildman–Crippen MR) is 93.3 cm³/mol. The second-order valence-corrected chi connectivity index (χ2v) is 6.63. The number of hydrogen-bond acceptors (Lipinski definition) is 5. The summed E-state index contributed by atoms with van der Waals surface area (Å²) in [5.74, 6) is 0.565. The second kappa shape index (κ2) is 7.01. The average molecular weight is 345 g/mol. The lowest BCUT2D eigenvalue weighted by Gasteiger charge is -2.33. The molecule has 0 saturated carbocycles. The van der Waals surface area contributed by atoms with Crippen molar-refractivity contribution in [3.05, 3.63) is 53.8 Å². The molecule has 2 rings (SSSR count). The van der Waals surface area contributed by atoms with E-state index in [0.717, 1.165) is 5.56 Å². The molecular formula is C19H23NO5. The topological polar surface area (TPSA) is 73.9 Å². The van der Waals surface area contributed by atoms with Crippen LogP contribution in [0, 0.1) is 0 Å². The molecule has 0 fully saturated rings. The summed E-state index contributed by atoms with van der Waals surface area (Å²) in [7, 11) is 2.99. The fourth-order valence-corrected chi connectivity index (χ4v) is 2.44. The molecule has 1 amide bonds. The molecule has 1 N–H and O–H groups in total. The van der Waals surface area contributed by atoms with Gasteiger partial charge in [0.1, 0.15) is 16.9 Å². The monoisotopic (exact) mass is 345 g/mol. The van der Waals surface area contributed by atoms with Crippen molar-refractivity contribution in [3.8, 4) is 5.75 Å². The Bertz CT molecular complexity index is 712. The maximum absolute atomic E-state index is 12.4. The third-order valence-corrected chi connectivity index (χ3v) is 3.59. The number of ketones is 1. The summed E-state index contributed by atoms with van der Waals surface area (Å²) in [5, 5.41) is 2.83. The third kappa shape index (κ3) is 4.41. The van der Waals surface area contributed by atoms with E-state index in [2.05, 4.69) is 5.32 Å². The van der Waals surface area contributed by atoms with E-state index in [1.165, 1.54) is 13.2 Å². The van der Waals surface area contributed by atoms with Crippen LogP contribution in [-0.2, 0) is 19.8 Å². The standard InChI is InChI=1S/C19H23NO5/c1-18(2,3)25-17(22)20-19(11-10-15(21)16(12-19)24-5)13-6-8-14(23-4)9-7-13/h6-12H,1-5H3,(H,20,22). The number of benzene rings is 1. The minimum Gasteiger partial charge on any atom is -0.497 e. The molecule has 0 aromatic heterocycles. The van der Waals surface area contributed by atoms with Gasteiger partial charge < -0.3 is 19.5 Å². The number of amides is 1. The Balaban J connectivity index is 2.44. The van der Waals surface area contributed by atoms with Gasteiger partial charge in [0.05, 0.1) is 14.2 Å². The van der Waals surface area contributed by atoms with Gasteiger partial charge in [-0.3, -0.25) is 4.79 Å². The number of hydrogen-bond donors (Lipinski definition) is 1. The Labute approximate surface area is 147 Å². The molecule has 6 heteroatoms. The lowest BCUT2D eigenvalue weighted by Crippen LogP contribution is -2.46. The fourth-order valence-electron chi connectivity index (χ4n) is 2.44. The van der Waals surface area contributed by atoms with Crippen molar-refractivity contribution in [1.82, 2.24) is 5.32 Å². The minimum absolute atomic E-state index is 0.148. The van der Waals surface area contributed by atoms with E-state index < -0.39 is 17.2 Å². The van der Waals surface area contributed by atoms with E-state index in [0.29, 0.717) is 5.75 Å². The molecule has 0 aliphatic heterocycles. The van der Waals surface area contributed by atoms with Crippen LogP contribution in [0.15, 0.2) is 48.3 Å². The Kier molecular flexibility index (Phi) is 5.21. The lowest BCUT2D eigenvalue weighted by atomic mass is 9.85. The van der Waals surface area contributed by atoms with Crippen molar-refractivity contribution in [3.63, 3.8) is 0 Å². The minimum atomic E-state index is -1.06. The van der Waals surface area contributed by atoms with Gasteiger partial charge in [-0.25, -0.2) is 4.79 Å². The lowest BCUT2D eigenvalue weighted by molar-refractivity contribution is -0.114. The van der Waals surface area contributed by atoms with E-state index in [1.807, 2.05) is 0 Å². The second-order valence-electron chi connectivity index (χ2n) is 6.63. The van der Waals surface area contributed by atoms with Crippen LogP contribution in [0.3, 0.4) is 0 Å². The highest BCUT2D eigenvalue weighted by molar-refractivity contribution is 6.04. The van der Waals surface area contributed by atoms with Crippen molar-refractivity contribution in [1.29, 1.82) is 0 Å². The van der Waals surface area contributed by atoms with E-state index >= 15 is 0 Å². The summed E-state index contributed by atoms with van der Waals surface area (Å²) >= 11 is 0. The Morgan fingerprint density at radius 2 is 1.72 bits per heavy atom. The third-order valence-electron chi connectivity index (χ3n) is 3.59. The van der Waals surface area contributed by atoms with E-state index in [9.17, 15) is 9.59 Å². The molecule has 1 aromatic rings. The molecule has 0 saturated heterocycles. The molecule has 0 radical (unpaired) electrons. The van der Waals surface area contributed by atoms with Gasteiger partial charge in [-0.1, -0.05) is 12.1 Å². The molecule has 6 nitrogen and oxygen atoms in total. The summed E-state index contributed by atoms with van der Waals surface area (Å²) in [4.78, 5) is 24.3. The quantitative estimate of drug-likeness (QED) is 0.908. The van der Waals surface area contributed by atoms with Crippen LogP contribution in [0.4, 0.5) is 4.79 Å². The number of carbonyl (C=O) groups is 2. The number of nitrogens with one attached hydrogen (secondary N) is 1. The van der Waals surface area contributed by atoms with Gasteiger partial charge in [0.25, 0.3) is 0 Å². The van der Waals surface area contributed by atoms with Gasteiger partial charge in [0.15, 0.2) is 5.76 Å². The number of rotatable bonds is 4. The zero-order valence-electron chi connectivity index (χ0n) is 15.1. The van der Waals surface area contributed by atoms with Gasteiger partial charge in [-0.15, -0.1) is 0 Å². The van der Waals surface area contributed by atoms with Gasteiger partial charge in [0.2, 0.25) is 5.78 Å². The SMILES string of the molecule is COC1=CC(NC(=O)OC(C)(C)C)(c2ccc(OC)cc2)C=CC1=O. The molecule has 1 atom stereocenters. The maximum atomic E-state index is 12.4. The number of ether oxygens (including phenoxy) is 3. The van der Waals surface area contributed by atoms with Gasteiger partial charge in [-0.05, 0) is 56.7 Å². The zero-order valence-corrected chi connectivity index (χ0v) is 15.1. The average Bonchev–Trinajstić information content (AvgIpc) is 2.55. The van der Waals surface area contributed by atoms with Crippen LogP contribution in [0.2, 0.25) is 0 Å². The first-order valence-electron chi connectivity index (χ1n) is 7.85. The molecule has 25 heavy (non-hydrogen) atoms. The molecule has 0 spiro atoms. The Morgan fingerprint density at radius 1 is 1.08 bits per heavy atom. The first-order chi connectivity index (χ1) is 11.7. The molecule has 1 aliphatic carbocycles. The van der Waals surface area contributed by atoms with Gasteiger partial charge >= 0.3 is 6.09 Å². The van der Waals surface area contributed by atoms with Crippen LogP contribution >= 0.6 is 0 Å². The molecule has 1 aromatic carbocycles. The summed E-state index contributed by atoms with van der Waals surface area (Å²) in [6.45, 7) is 5.34. The summed E-state index contributed by atoms with van der Waals surface area (Å²) < 4.78 is 15.7. The number of carbonyl (C=O) groups excluding carboxylic acids is 2. The fraction of sp³-hybridized carbons (Fsp3) is 0.368. The van der Waals surface area contributed by atoms with Gasteiger partial charge in [0, 0.05) is 0 Å². The van der Waals surface area contributed by atoms with Crippen molar-refractivity contribution < 1.29 is 23.8 Å². The Hall–Kier alpha value is -2.76. The van der Waals surface area contributed by atoms with Crippen molar-refractivity contribution in [2.75, 3.05) is 14.2 Å². The molecule has 1 unspecified atom stereocenters. The molecule has 0 heterocycles. The predicted octanol–water partition coefficient (Wildman–Crippen LogP) is 3.08. The highest BCUT2D eigenvalue weighted by Crippen LogP contribution is 2.31. The van der Waals surface area contributed by atoms with Crippen molar-refractivity contribution in [2.24, 2.45) is 0 Å². The van der Waals surface area contributed by atoms with Gasteiger partial charge in [-0.2, -0.15) is 0 Å². The number of alkyl carbamates (subject to hydrolysis) is 1. The molecule has 1 aliphatic rings. The summed E-state index contributed by atoms with van der Waals surface area (Å²) in [6.07, 6.45) is 3.96. The van der Waals surface area contributed by atoms with E-state index in [1.54, 1.807) is 64.3 Å². The van der Waals surface area contributed by atoms with Crippen LogP contribution in [-0.4, -0.2) is 31.7 Å². The smallest absolute Gasteiger partial charge is 0.408 e. The number of allylic oxidation sites excluding steroid dienone is 1. The van der Waals surface area contributed by atoms with Crippen molar-refractivity contribution >= 4 is 11.9 Å². The molecule has 0 bridgehead atoms. The highest BCUT2D eigenvalue weighted by Gasteiger charge is 2.35. The molecular weight excluding hydrogens is 322 g/mol. The first kappa shape index (κ1) is 18.6. The maximum Gasteiger partial charge on any atom is 0.408 e. The highest BCUT2D eigenvalue weighted by atomic mass is 16.6. The zero-order chi connectivity index (χ0) is 18.7. The number of methoxy groups -OCH3 is 2. The van der Waals surface area contributed by atoms with Crippen molar-refractivity contribution in [2.45, 2.75) is 31.9 Å². The van der Waals surface area contributed by atoms with Crippen LogP contribution in [0.5, 0.6) is 5.75 Å². The first-order valence-corrected chi connectivity index (χ1v) is 7.85. The molecule has 134 valence electrons. The summed E-state index contributed by atoms with van der Waals surface area (Å²) in [5.41, 5.74) is -0.974. The van der Waals surface area contributed by atoms with Crippen LogP contribution in [0.25, 0.3) is 0 Å². The van der Waals surface area contributed by atoms with Crippen LogP contribution in [0.1, 0.15) is 26.3 Å². The van der Waals surface area contributed by atoms with E-state index in [-0.39, 0.29) is 11.5 Å². The Morgan fingerprint density at radius 3 is 2.24 bits per heavy atom.